The van der Waals surface area contributed by atoms with Crippen molar-refractivity contribution in [1.29, 1.82) is 0 Å². The Morgan fingerprint density at radius 3 is 2.39 bits per heavy atom. The monoisotopic (exact) mass is 483 g/mol. The normalized spacial score (nSPS) is 16.8. The van der Waals surface area contributed by atoms with E-state index in [9.17, 15) is 18.0 Å². The molecular weight excluding hydrogens is 455 g/mol. The maximum atomic E-state index is 13.2. The predicted molar refractivity (Wildman–Crippen MR) is 124 cm³/mol. The van der Waals surface area contributed by atoms with Crippen LogP contribution in [0.15, 0.2) is 36.4 Å². The molecule has 0 bridgehead atoms. The third-order valence-corrected chi connectivity index (χ3v) is 6.07. The van der Waals surface area contributed by atoms with Crippen LogP contribution in [0.3, 0.4) is 0 Å². The van der Waals surface area contributed by atoms with Crippen LogP contribution in [0, 0.1) is 5.92 Å². The van der Waals surface area contributed by atoms with Crippen LogP contribution in [-0.4, -0.2) is 41.8 Å². The summed E-state index contributed by atoms with van der Waals surface area (Å²) in [6.45, 7) is 1.94. The summed E-state index contributed by atoms with van der Waals surface area (Å²) >= 11 is 0. The summed E-state index contributed by atoms with van der Waals surface area (Å²) in [5, 5.41) is 14.2. The number of carbonyl (C=O) groups is 1. The fraction of sp³-hybridized carbons (Fsp3) is 0.522. The highest BCUT2D eigenvalue weighted by Crippen LogP contribution is 2.35. The summed E-state index contributed by atoms with van der Waals surface area (Å²) in [5.41, 5.74) is -0.235. The van der Waals surface area contributed by atoms with Gasteiger partial charge in [0.15, 0.2) is 11.5 Å². The summed E-state index contributed by atoms with van der Waals surface area (Å²) in [4.78, 5) is 14.2. The van der Waals surface area contributed by atoms with Crippen LogP contribution in [0.5, 0.6) is 0 Å². The largest absolute Gasteiger partial charge is 0.418 e. The highest BCUT2D eigenvalue weighted by Gasteiger charge is 2.34. The van der Waals surface area contributed by atoms with Gasteiger partial charge in [-0.05, 0) is 55.9 Å². The molecule has 10 heteroatoms. The zero-order chi connectivity index (χ0) is 22.6. The number of benzene rings is 1. The van der Waals surface area contributed by atoms with E-state index < -0.39 is 11.7 Å². The van der Waals surface area contributed by atoms with Gasteiger partial charge in [-0.25, -0.2) is 0 Å². The van der Waals surface area contributed by atoms with E-state index in [4.69, 9.17) is 0 Å². The van der Waals surface area contributed by atoms with E-state index in [0.717, 1.165) is 24.8 Å². The number of nitrogens with one attached hydrogen (secondary N) is 2. The first-order valence-electron chi connectivity index (χ1n) is 11.2. The summed E-state index contributed by atoms with van der Waals surface area (Å²) in [6.07, 6.45) is 1.75. The molecule has 1 aromatic carbocycles. The number of hydrogen-bond acceptors (Lipinski definition) is 5. The molecular formula is C23H29ClF3N5O. The van der Waals surface area contributed by atoms with Crippen LogP contribution in [-0.2, 0) is 6.18 Å². The molecule has 2 fully saturated rings. The molecule has 2 aromatic rings. The lowest BCUT2D eigenvalue weighted by Crippen LogP contribution is -2.40. The van der Waals surface area contributed by atoms with E-state index in [-0.39, 0.29) is 30.0 Å². The Morgan fingerprint density at radius 1 is 1.03 bits per heavy atom. The minimum absolute atomic E-state index is 0. The molecule has 180 valence electrons. The van der Waals surface area contributed by atoms with E-state index in [0.29, 0.717) is 44.0 Å². The smallest absolute Gasteiger partial charge is 0.382 e. The van der Waals surface area contributed by atoms with Crippen molar-refractivity contribution in [2.45, 2.75) is 50.7 Å². The molecule has 2 aliphatic rings. The van der Waals surface area contributed by atoms with Crippen molar-refractivity contribution in [2.75, 3.05) is 29.9 Å². The zero-order valence-electron chi connectivity index (χ0n) is 18.3. The number of hydrogen-bond donors (Lipinski definition) is 2. The second-order valence-electron chi connectivity index (χ2n) is 8.57. The van der Waals surface area contributed by atoms with Crippen LogP contribution in [0.2, 0.25) is 0 Å². The van der Waals surface area contributed by atoms with Crippen molar-refractivity contribution in [3.8, 4) is 0 Å². The first kappa shape index (κ1) is 25.1. The molecule has 0 spiro atoms. The van der Waals surface area contributed by atoms with Gasteiger partial charge in [-0.1, -0.05) is 25.0 Å². The number of nitrogens with zero attached hydrogens (tertiary/aromatic N) is 3. The van der Waals surface area contributed by atoms with Gasteiger partial charge in [-0.15, -0.1) is 22.6 Å². The van der Waals surface area contributed by atoms with Crippen molar-refractivity contribution < 1.29 is 18.0 Å². The Hall–Kier alpha value is -2.55. The second kappa shape index (κ2) is 11.0. The van der Waals surface area contributed by atoms with Gasteiger partial charge in [0.05, 0.1) is 5.56 Å². The maximum Gasteiger partial charge on any atom is 0.418 e. The molecule has 33 heavy (non-hydrogen) atoms. The van der Waals surface area contributed by atoms with Crippen LogP contribution in [0.25, 0.3) is 0 Å². The van der Waals surface area contributed by atoms with Crippen molar-refractivity contribution >= 4 is 29.8 Å². The predicted octanol–water partition coefficient (Wildman–Crippen LogP) is 4.92. The average Bonchev–Trinajstić information content (AvgIpc) is 3.61. The van der Waals surface area contributed by atoms with E-state index in [1.165, 1.54) is 25.0 Å². The number of piperidine rings is 1. The molecule has 1 aliphatic carbocycles. The third kappa shape index (κ3) is 6.96. The molecule has 2 heterocycles. The van der Waals surface area contributed by atoms with Gasteiger partial charge in [-0.2, -0.15) is 13.2 Å². The number of carbonyl (C=O) groups excluding carboxylic acids is 1. The van der Waals surface area contributed by atoms with Gasteiger partial charge in [0.1, 0.15) is 0 Å². The van der Waals surface area contributed by atoms with Gasteiger partial charge < -0.3 is 15.5 Å². The van der Waals surface area contributed by atoms with E-state index in [2.05, 4.69) is 20.8 Å². The number of alkyl halides is 3. The average molecular weight is 484 g/mol. The van der Waals surface area contributed by atoms with Gasteiger partial charge in [0.25, 0.3) is 5.91 Å². The zero-order valence-corrected chi connectivity index (χ0v) is 19.1. The minimum Gasteiger partial charge on any atom is -0.382 e. The molecule has 1 aromatic heterocycles. The number of amides is 1. The van der Waals surface area contributed by atoms with Crippen LogP contribution in [0.1, 0.15) is 54.6 Å². The summed E-state index contributed by atoms with van der Waals surface area (Å²) in [6, 6.07) is 8.96. The Bertz CT molecular complexity index is 913. The summed E-state index contributed by atoms with van der Waals surface area (Å²) < 4.78 is 39.6. The van der Waals surface area contributed by atoms with Gasteiger partial charge >= 0.3 is 6.18 Å². The molecule has 4 rings (SSSR count). The Balaban J connectivity index is 0.00000306. The molecule has 2 N–H and O–H groups in total. The molecule has 0 unspecified atom stereocenters. The van der Waals surface area contributed by atoms with E-state index >= 15 is 0 Å². The Labute approximate surface area is 197 Å². The lowest BCUT2D eigenvalue weighted by Gasteiger charge is -2.33. The lowest BCUT2D eigenvalue weighted by molar-refractivity contribution is -0.137. The molecule has 1 aliphatic heterocycles. The van der Waals surface area contributed by atoms with Crippen molar-refractivity contribution in [1.82, 2.24) is 15.5 Å². The molecule has 6 nitrogen and oxygen atoms in total. The van der Waals surface area contributed by atoms with Crippen molar-refractivity contribution in [3.63, 3.8) is 0 Å². The van der Waals surface area contributed by atoms with Gasteiger partial charge in [0.2, 0.25) is 0 Å². The molecule has 0 radical (unpaired) electrons. The molecule has 1 saturated carbocycles. The number of rotatable bonds is 8. The highest BCUT2D eigenvalue weighted by atomic mass is 35.5. The van der Waals surface area contributed by atoms with E-state index in [1.54, 1.807) is 18.2 Å². The third-order valence-electron chi connectivity index (χ3n) is 6.07. The SMILES string of the molecule is Cl.O=C(NCCCC1CC1)c1ccc(N2CCC(Nc3ccccc3C(F)(F)F)CC2)nn1. The summed E-state index contributed by atoms with van der Waals surface area (Å²) in [5.74, 6) is 1.31. The quantitative estimate of drug-likeness (QED) is 0.522. The van der Waals surface area contributed by atoms with Gasteiger partial charge in [0, 0.05) is 31.4 Å². The van der Waals surface area contributed by atoms with Crippen molar-refractivity contribution in [3.05, 3.63) is 47.7 Å². The van der Waals surface area contributed by atoms with Crippen LogP contribution < -0.4 is 15.5 Å². The minimum atomic E-state index is -4.38. The number of anilines is 2. The second-order valence-corrected chi connectivity index (χ2v) is 8.57. The fourth-order valence-electron chi connectivity index (χ4n) is 4.03. The molecule has 1 amide bonds. The topological polar surface area (TPSA) is 70.2 Å². The lowest BCUT2D eigenvalue weighted by atomic mass is 10.0. The van der Waals surface area contributed by atoms with E-state index in [1.807, 2.05) is 4.90 Å². The summed E-state index contributed by atoms with van der Waals surface area (Å²) in [7, 11) is 0. The first-order valence-corrected chi connectivity index (χ1v) is 11.2. The first-order chi connectivity index (χ1) is 15.4. The fourth-order valence-corrected chi connectivity index (χ4v) is 4.03. The molecule has 0 atom stereocenters. The standard InChI is InChI=1S/C23H28F3N5O.ClH/c24-23(25,26)18-5-1-2-6-19(18)28-17-11-14-31(15-12-17)21-10-9-20(29-30-21)22(32)27-13-3-4-16-7-8-16;/h1-2,5-6,9-10,16-17,28H,3-4,7-8,11-15H2,(H,27,32);1H. The maximum absolute atomic E-state index is 13.2. The Morgan fingerprint density at radius 2 is 1.76 bits per heavy atom. The van der Waals surface area contributed by atoms with Crippen LogP contribution in [0.4, 0.5) is 24.7 Å². The molecule has 1 saturated heterocycles. The van der Waals surface area contributed by atoms with Crippen molar-refractivity contribution in [2.24, 2.45) is 5.92 Å². The van der Waals surface area contributed by atoms with Crippen LogP contribution >= 0.6 is 12.4 Å². The number of para-hydroxylation sites is 1. The number of halogens is 4. The highest BCUT2D eigenvalue weighted by molar-refractivity contribution is 5.92. The van der Waals surface area contributed by atoms with Gasteiger partial charge in [-0.3, -0.25) is 4.79 Å². The number of aromatic nitrogens is 2. The Kier molecular flexibility index (Phi) is 8.40.